The van der Waals surface area contributed by atoms with Crippen LogP contribution in [0.25, 0.3) is 10.9 Å². The lowest BCUT2D eigenvalue weighted by Crippen LogP contribution is -2.41. The fourth-order valence-electron chi connectivity index (χ4n) is 2.29. The highest BCUT2D eigenvalue weighted by molar-refractivity contribution is 5.81. The summed E-state index contributed by atoms with van der Waals surface area (Å²) in [7, 11) is 0. The molecule has 0 aliphatic carbocycles. The minimum atomic E-state index is -0.278. The first-order valence-electron chi connectivity index (χ1n) is 6.89. The number of benzene rings is 1. The number of aliphatic hydroxyl groups is 1. The van der Waals surface area contributed by atoms with Gasteiger partial charge in [-0.15, -0.1) is 0 Å². The van der Waals surface area contributed by atoms with Gasteiger partial charge in [-0.1, -0.05) is 32.0 Å². The van der Waals surface area contributed by atoms with Crippen molar-refractivity contribution in [2.75, 3.05) is 11.9 Å². The summed E-state index contributed by atoms with van der Waals surface area (Å²) in [5, 5.41) is 14.2. The van der Waals surface area contributed by atoms with E-state index in [0.29, 0.717) is 0 Å². The summed E-state index contributed by atoms with van der Waals surface area (Å²) in [5.41, 5.74) is 1.81. The maximum Gasteiger partial charge on any atom is 0.130 e. The smallest absolute Gasteiger partial charge is 0.130 e. The summed E-state index contributed by atoms with van der Waals surface area (Å²) in [6.07, 6.45) is 1.74. The highest BCUT2D eigenvalue weighted by atomic mass is 16.3. The minimum absolute atomic E-state index is 0.119. The van der Waals surface area contributed by atoms with Crippen molar-refractivity contribution >= 4 is 16.7 Å². The molecule has 0 amide bonds. The summed E-state index contributed by atoms with van der Waals surface area (Å²) < 4.78 is 0. The number of aryl methyl sites for hydroxylation is 1. The predicted molar refractivity (Wildman–Crippen MR) is 80.5 cm³/mol. The van der Waals surface area contributed by atoms with Gasteiger partial charge < -0.3 is 10.4 Å². The van der Waals surface area contributed by atoms with Gasteiger partial charge in [0.2, 0.25) is 0 Å². The summed E-state index contributed by atoms with van der Waals surface area (Å²) in [5.74, 6) is 0.872. The van der Waals surface area contributed by atoms with E-state index in [1.165, 1.54) is 0 Å². The molecule has 1 aromatic heterocycles. The number of aromatic nitrogens is 1. The van der Waals surface area contributed by atoms with E-state index in [-0.39, 0.29) is 12.1 Å². The minimum Gasteiger partial charge on any atom is -0.394 e. The van der Waals surface area contributed by atoms with E-state index in [2.05, 4.69) is 43.2 Å². The number of pyridine rings is 1. The van der Waals surface area contributed by atoms with E-state index < -0.39 is 0 Å². The van der Waals surface area contributed by atoms with Crippen LogP contribution in [-0.2, 0) is 0 Å². The Labute approximate surface area is 114 Å². The SMILES string of the molecule is CCC(CC)(CO)Nc1nc2ccccc2cc1C. The van der Waals surface area contributed by atoms with E-state index >= 15 is 0 Å². The standard InChI is InChI=1S/C16H22N2O/c1-4-16(5-2,11-19)18-15-12(3)10-13-8-6-7-9-14(13)17-15/h6-10,19H,4-5,11H2,1-3H3,(H,17,18). The fraction of sp³-hybridized carbons (Fsp3) is 0.438. The van der Waals surface area contributed by atoms with E-state index in [9.17, 15) is 5.11 Å². The molecule has 19 heavy (non-hydrogen) atoms. The molecule has 0 aliphatic heterocycles. The predicted octanol–water partition coefficient (Wildman–Crippen LogP) is 3.51. The first-order chi connectivity index (χ1) is 9.14. The zero-order chi connectivity index (χ0) is 13.9. The van der Waals surface area contributed by atoms with Crippen molar-refractivity contribution < 1.29 is 5.11 Å². The Balaban J connectivity index is 2.42. The molecule has 0 bridgehead atoms. The van der Waals surface area contributed by atoms with Gasteiger partial charge >= 0.3 is 0 Å². The monoisotopic (exact) mass is 258 g/mol. The number of fused-ring (bicyclic) bond motifs is 1. The van der Waals surface area contributed by atoms with Gasteiger partial charge in [-0.2, -0.15) is 0 Å². The number of hydrogen-bond donors (Lipinski definition) is 2. The van der Waals surface area contributed by atoms with E-state index in [1.807, 2.05) is 18.2 Å². The first kappa shape index (κ1) is 13.8. The Morgan fingerprint density at radius 2 is 1.89 bits per heavy atom. The van der Waals surface area contributed by atoms with Crippen LogP contribution in [0.1, 0.15) is 32.3 Å². The van der Waals surface area contributed by atoms with Crippen molar-refractivity contribution in [3.8, 4) is 0 Å². The Morgan fingerprint density at radius 1 is 1.21 bits per heavy atom. The van der Waals surface area contributed by atoms with Crippen molar-refractivity contribution in [3.05, 3.63) is 35.9 Å². The van der Waals surface area contributed by atoms with Crippen LogP contribution in [0.2, 0.25) is 0 Å². The third-order valence-corrected chi connectivity index (χ3v) is 3.95. The summed E-state index contributed by atoms with van der Waals surface area (Å²) >= 11 is 0. The van der Waals surface area contributed by atoms with Crippen LogP contribution in [-0.4, -0.2) is 22.2 Å². The molecule has 1 aromatic carbocycles. The van der Waals surface area contributed by atoms with Gasteiger partial charge in [-0.05, 0) is 37.5 Å². The fourth-order valence-corrected chi connectivity index (χ4v) is 2.29. The molecule has 3 nitrogen and oxygen atoms in total. The number of para-hydroxylation sites is 1. The lowest BCUT2D eigenvalue weighted by Gasteiger charge is -2.32. The average Bonchev–Trinajstić information content (AvgIpc) is 2.45. The first-order valence-corrected chi connectivity index (χ1v) is 6.89. The topological polar surface area (TPSA) is 45.1 Å². The van der Waals surface area contributed by atoms with Gasteiger partial charge in [-0.3, -0.25) is 0 Å². The largest absolute Gasteiger partial charge is 0.394 e. The number of hydrogen-bond acceptors (Lipinski definition) is 3. The lowest BCUT2D eigenvalue weighted by molar-refractivity contribution is 0.202. The zero-order valence-electron chi connectivity index (χ0n) is 11.9. The third-order valence-electron chi connectivity index (χ3n) is 3.95. The molecular weight excluding hydrogens is 236 g/mol. The molecule has 102 valence electrons. The van der Waals surface area contributed by atoms with Crippen LogP contribution in [0.4, 0.5) is 5.82 Å². The quantitative estimate of drug-likeness (QED) is 0.862. The van der Waals surface area contributed by atoms with Crippen LogP contribution in [0.5, 0.6) is 0 Å². The van der Waals surface area contributed by atoms with Gasteiger partial charge in [0.05, 0.1) is 17.7 Å². The Hall–Kier alpha value is -1.61. The second-order valence-corrected chi connectivity index (χ2v) is 5.12. The highest BCUT2D eigenvalue weighted by Crippen LogP contribution is 2.25. The second kappa shape index (κ2) is 5.57. The maximum absolute atomic E-state index is 9.65. The van der Waals surface area contributed by atoms with Crippen molar-refractivity contribution in [2.45, 2.75) is 39.2 Å². The second-order valence-electron chi connectivity index (χ2n) is 5.12. The Kier molecular flexibility index (Phi) is 4.05. The number of anilines is 1. The van der Waals surface area contributed by atoms with Gasteiger partial charge in [0, 0.05) is 5.39 Å². The molecule has 0 radical (unpaired) electrons. The molecule has 0 unspecified atom stereocenters. The molecule has 2 N–H and O–H groups in total. The van der Waals surface area contributed by atoms with Crippen LogP contribution in [0.15, 0.2) is 30.3 Å². The molecular formula is C16H22N2O. The molecule has 2 rings (SSSR count). The van der Waals surface area contributed by atoms with Crippen LogP contribution >= 0.6 is 0 Å². The van der Waals surface area contributed by atoms with Gasteiger partial charge in [0.1, 0.15) is 5.82 Å². The number of aliphatic hydroxyl groups excluding tert-OH is 1. The highest BCUT2D eigenvalue weighted by Gasteiger charge is 2.25. The van der Waals surface area contributed by atoms with Crippen LogP contribution in [0.3, 0.4) is 0 Å². The van der Waals surface area contributed by atoms with Gasteiger partial charge in [0.15, 0.2) is 0 Å². The summed E-state index contributed by atoms with van der Waals surface area (Å²) in [6.45, 7) is 6.34. The van der Waals surface area contributed by atoms with E-state index in [0.717, 1.165) is 35.1 Å². The Morgan fingerprint density at radius 3 is 2.53 bits per heavy atom. The molecule has 2 aromatic rings. The van der Waals surface area contributed by atoms with Crippen molar-refractivity contribution in [1.29, 1.82) is 0 Å². The molecule has 1 heterocycles. The van der Waals surface area contributed by atoms with Gasteiger partial charge in [0.25, 0.3) is 0 Å². The lowest BCUT2D eigenvalue weighted by atomic mass is 9.93. The van der Waals surface area contributed by atoms with E-state index in [4.69, 9.17) is 0 Å². The molecule has 0 aliphatic rings. The summed E-state index contributed by atoms with van der Waals surface area (Å²) in [4.78, 5) is 4.68. The maximum atomic E-state index is 9.65. The Bertz CT molecular complexity index is 553. The average molecular weight is 258 g/mol. The van der Waals surface area contributed by atoms with Gasteiger partial charge in [-0.25, -0.2) is 4.98 Å². The summed E-state index contributed by atoms with van der Waals surface area (Å²) in [6, 6.07) is 10.2. The van der Waals surface area contributed by atoms with Crippen molar-refractivity contribution in [2.24, 2.45) is 0 Å². The third kappa shape index (κ3) is 2.71. The number of rotatable bonds is 5. The van der Waals surface area contributed by atoms with Crippen molar-refractivity contribution in [1.82, 2.24) is 4.98 Å². The number of nitrogens with zero attached hydrogens (tertiary/aromatic N) is 1. The van der Waals surface area contributed by atoms with Crippen molar-refractivity contribution in [3.63, 3.8) is 0 Å². The molecule has 0 saturated carbocycles. The molecule has 0 fully saturated rings. The molecule has 3 heteroatoms. The molecule has 0 saturated heterocycles. The van der Waals surface area contributed by atoms with E-state index in [1.54, 1.807) is 0 Å². The van der Waals surface area contributed by atoms with Crippen LogP contribution in [0, 0.1) is 6.92 Å². The van der Waals surface area contributed by atoms with Crippen LogP contribution < -0.4 is 5.32 Å². The molecule has 0 spiro atoms. The normalized spacial score (nSPS) is 11.8. The molecule has 0 atom stereocenters. The number of nitrogens with one attached hydrogen (secondary N) is 1. The zero-order valence-corrected chi connectivity index (χ0v) is 11.9.